The van der Waals surface area contributed by atoms with Gasteiger partial charge in [0.2, 0.25) is 0 Å². The number of hydrogen-bond acceptors (Lipinski definition) is 3. The van der Waals surface area contributed by atoms with Gasteiger partial charge in [0.25, 0.3) is 0 Å². The van der Waals surface area contributed by atoms with Crippen molar-refractivity contribution < 1.29 is 0 Å². The van der Waals surface area contributed by atoms with Gasteiger partial charge in [-0.3, -0.25) is 4.68 Å². The average Bonchev–Trinajstić information content (AvgIpc) is 2.91. The van der Waals surface area contributed by atoms with Crippen LogP contribution in [0.25, 0.3) is 10.4 Å². The molecule has 2 aromatic heterocycles. The highest BCUT2D eigenvalue weighted by Crippen LogP contribution is 2.38. The summed E-state index contributed by atoms with van der Waals surface area (Å²) in [7, 11) is 1.92. The minimum Gasteiger partial charge on any atom is -0.383 e. The molecule has 0 atom stereocenters. The van der Waals surface area contributed by atoms with Gasteiger partial charge in [0.1, 0.15) is 5.82 Å². The zero-order valence-corrected chi connectivity index (χ0v) is 11.4. The molecular formula is C13H19N3S. The molecule has 0 aliphatic rings. The van der Waals surface area contributed by atoms with Crippen molar-refractivity contribution in [3.63, 3.8) is 0 Å². The molecule has 0 amide bonds. The summed E-state index contributed by atoms with van der Waals surface area (Å²) in [6.45, 7) is 4.41. The second-order valence-electron chi connectivity index (χ2n) is 4.26. The van der Waals surface area contributed by atoms with Crippen LogP contribution in [0.2, 0.25) is 0 Å². The molecule has 0 fully saturated rings. The highest BCUT2D eigenvalue weighted by atomic mass is 32.1. The smallest absolute Gasteiger partial charge is 0.130 e. The van der Waals surface area contributed by atoms with Crippen LogP contribution in [0.3, 0.4) is 0 Å². The van der Waals surface area contributed by atoms with Crippen LogP contribution in [0.1, 0.15) is 38.3 Å². The maximum absolute atomic E-state index is 6.15. The van der Waals surface area contributed by atoms with E-state index in [0.29, 0.717) is 5.92 Å². The Hall–Kier alpha value is -1.29. The van der Waals surface area contributed by atoms with E-state index in [4.69, 9.17) is 5.73 Å². The first-order valence-electron chi connectivity index (χ1n) is 6.05. The Morgan fingerprint density at radius 1 is 1.41 bits per heavy atom. The lowest BCUT2D eigenvalue weighted by Crippen LogP contribution is -1.99. The maximum atomic E-state index is 6.15. The Kier molecular flexibility index (Phi) is 3.52. The van der Waals surface area contributed by atoms with E-state index in [1.54, 1.807) is 16.0 Å². The number of thiophene rings is 1. The third-order valence-electron chi connectivity index (χ3n) is 3.26. The van der Waals surface area contributed by atoms with Crippen LogP contribution in [0, 0.1) is 0 Å². The molecule has 0 bridgehead atoms. The Morgan fingerprint density at radius 3 is 2.65 bits per heavy atom. The molecule has 17 heavy (non-hydrogen) atoms. The average molecular weight is 249 g/mol. The van der Waals surface area contributed by atoms with Crippen LogP contribution < -0.4 is 5.73 Å². The summed E-state index contributed by atoms with van der Waals surface area (Å²) in [5.74, 6) is 1.27. The Bertz CT molecular complexity index is 481. The fraction of sp³-hybridized carbons (Fsp3) is 0.462. The monoisotopic (exact) mass is 249 g/mol. The molecule has 2 N–H and O–H groups in total. The summed E-state index contributed by atoms with van der Waals surface area (Å²) in [6, 6.07) is 4.17. The van der Waals surface area contributed by atoms with E-state index in [-0.39, 0.29) is 0 Å². The van der Waals surface area contributed by atoms with E-state index in [1.807, 2.05) is 7.05 Å². The van der Waals surface area contributed by atoms with Crippen LogP contribution in [-0.4, -0.2) is 9.78 Å². The number of nitrogen functional groups attached to an aromatic ring is 1. The normalized spacial score (nSPS) is 11.3. The standard InChI is InChI=1S/C13H19N3S/c1-4-9(5-2)12-11(10-7-6-8-17-10)13(14)16(3)15-12/h6-9H,4-5,14H2,1-3H3. The van der Waals surface area contributed by atoms with Gasteiger partial charge in [-0.25, -0.2) is 0 Å². The van der Waals surface area contributed by atoms with Crippen LogP contribution in [0.4, 0.5) is 5.82 Å². The van der Waals surface area contributed by atoms with Crippen molar-refractivity contribution in [3.05, 3.63) is 23.2 Å². The number of nitrogens with zero attached hydrogens (tertiary/aromatic N) is 2. The summed E-state index contributed by atoms with van der Waals surface area (Å²) >= 11 is 1.72. The quantitative estimate of drug-likeness (QED) is 0.899. The molecule has 0 radical (unpaired) electrons. The van der Waals surface area contributed by atoms with Gasteiger partial charge in [-0.15, -0.1) is 11.3 Å². The van der Waals surface area contributed by atoms with E-state index >= 15 is 0 Å². The molecule has 92 valence electrons. The van der Waals surface area contributed by atoms with Crippen molar-refractivity contribution >= 4 is 17.2 Å². The fourth-order valence-corrected chi connectivity index (χ4v) is 2.98. The zero-order chi connectivity index (χ0) is 12.4. The maximum Gasteiger partial charge on any atom is 0.130 e. The molecule has 0 spiro atoms. The number of aryl methyl sites for hydroxylation is 1. The van der Waals surface area contributed by atoms with Crippen molar-refractivity contribution in [2.45, 2.75) is 32.6 Å². The van der Waals surface area contributed by atoms with Gasteiger partial charge in [0.15, 0.2) is 0 Å². The third kappa shape index (κ3) is 2.09. The van der Waals surface area contributed by atoms with Crippen molar-refractivity contribution in [2.75, 3.05) is 5.73 Å². The van der Waals surface area contributed by atoms with E-state index in [0.717, 1.165) is 29.9 Å². The first kappa shape index (κ1) is 12.2. The number of aromatic nitrogens is 2. The lowest BCUT2D eigenvalue weighted by Gasteiger charge is -2.11. The summed E-state index contributed by atoms with van der Waals surface area (Å²) < 4.78 is 1.79. The van der Waals surface area contributed by atoms with Crippen molar-refractivity contribution in [1.82, 2.24) is 9.78 Å². The Balaban J connectivity index is 2.56. The van der Waals surface area contributed by atoms with Crippen molar-refractivity contribution in [3.8, 4) is 10.4 Å². The minimum absolute atomic E-state index is 0.496. The van der Waals surface area contributed by atoms with Gasteiger partial charge < -0.3 is 5.73 Å². The SMILES string of the molecule is CCC(CC)c1nn(C)c(N)c1-c1cccs1. The van der Waals surface area contributed by atoms with E-state index < -0.39 is 0 Å². The highest BCUT2D eigenvalue weighted by molar-refractivity contribution is 7.13. The van der Waals surface area contributed by atoms with E-state index in [2.05, 4.69) is 36.5 Å². The van der Waals surface area contributed by atoms with Gasteiger partial charge in [-0.05, 0) is 24.3 Å². The molecule has 2 aromatic rings. The van der Waals surface area contributed by atoms with Crippen molar-refractivity contribution in [1.29, 1.82) is 0 Å². The molecular weight excluding hydrogens is 230 g/mol. The van der Waals surface area contributed by atoms with Crippen molar-refractivity contribution in [2.24, 2.45) is 7.05 Å². The molecule has 0 aromatic carbocycles. The van der Waals surface area contributed by atoms with Crippen LogP contribution in [0.15, 0.2) is 17.5 Å². The Morgan fingerprint density at radius 2 is 2.12 bits per heavy atom. The molecule has 0 unspecified atom stereocenters. The molecule has 0 saturated carbocycles. The van der Waals surface area contributed by atoms with Gasteiger partial charge in [0, 0.05) is 17.8 Å². The predicted molar refractivity (Wildman–Crippen MR) is 74.3 cm³/mol. The molecule has 3 nitrogen and oxygen atoms in total. The van der Waals surface area contributed by atoms with E-state index in [1.165, 1.54) is 4.88 Å². The van der Waals surface area contributed by atoms with Gasteiger partial charge in [0.05, 0.1) is 11.3 Å². The predicted octanol–water partition coefficient (Wildman–Crippen LogP) is 3.63. The number of rotatable bonds is 4. The van der Waals surface area contributed by atoms with E-state index in [9.17, 15) is 0 Å². The second-order valence-corrected chi connectivity index (χ2v) is 5.21. The van der Waals surface area contributed by atoms with Gasteiger partial charge >= 0.3 is 0 Å². The largest absolute Gasteiger partial charge is 0.383 e. The summed E-state index contributed by atoms with van der Waals surface area (Å²) in [5, 5.41) is 6.69. The first-order chi connectivity index (χ1) is 8.19. The topological polar surface area (TPSA) is 43.8 Å². The van der Waals surface area contributed by atoms with Crippen LogP contribution in [0.5, 0.6) is 0 Å². The lowest BCUT2D eigenvalue weighted by atomic mass is 9.95. The van der Waals surface area contributed by atoms with Crippen LogP contribution in [-0.2, 0) is 7.05 Å². The fourth-order valence-electron chi connectivity index (χ4n) is 2.19. The summed E-state index contributed by atoms with van der Waals surface area (Å²) in [5.41, 5.74) is 8.43. The summed E-state index contributed by atoms with van der Waals surface area (Å²) in [6.07, 6.45) is 2.21. The second kappa shape index (κ2) is 4.92. The highest BCUT2D eigenvalue weighted by Gasteiger charge is 2.21. The number of nitrogens with two attached hydrogens (primary N) is 1. The van der Waals surface area contributed by atoms with Gasteiger partial charge in [-0.1, -0.05) is 19.9 Å². The zero-order valence-electron chi connectivity index (χ0n) is 10.6. The van der Waals surface area contributed by atoms with Crippen LogP contribution >= 0.6 is 11.3 Å². The molecule has 4 heteroatoms. The minimum atomic E-state index is 0.496. The van der Waals surface area contributed by atoms with Gasteiger partial charge in [-0.2, -0.15) is 5.10 Å². The third-order valence-corrected chi connectivity index (χ3v) is 4.15. The number of hydrogen-bond donors (Lipinski definition) is 1. The molecule has 0 aliphatic carbocycles. The molecule has 0 saturated heterocycles. The lowest BCUT2D eigenvalue weighted by molar-refractivity contribution is 0.606. The molecule has 2 rings (SSSR count). The molecule has 2 heterocycles. The number of anilines is 1. The summed E-state index contributed by atoms with van der Waals surface area (Å²) in [4.78, 5) is 1.22. The Labute approximate surface area is 106 Å². The first-order valence-corrected chi connectivity index (χ1v) is 6.93. The molecule has 0 aliphatic heterocycles.